The van der Waals surface area contributed by atoms with Gasteiger partial charge in [0.2, 0.25) is 18.1 Å². The Labute approximate surface area is 156 Å². The van der Waals surface area contributed by atoms with Crippen molar-refractivity contribution in [3.8, 4) is 0 Å². The molecule has 0 aromatic carbocycles. The zero-order chi connectivity index (χ0) is 19.7. The van der Waals surface area contributed by atoms with Crippen LogP contribution in [0.25, 0.3) is 0 Å². The molecule has 1 rings (SSSR count). The summed E-state index contributed by atoms with van der Waals surface area (Å²) >= 11 is 0. The fraction of sp³-hybridized carbons (Fsp3) is 0.842. The fourth-order valence-electron chi connectivity index (χ4n) is 3.17. The van der Waals surface area contributed by atoms with E-state index in [4.69, 9.17) is 9.47 Å². The zero-order valence-corrected chi connectivity index (χ0v) is 16.7. The van der Waals surface area contributed by atoms with Crippen LogP contribution in [-0.4, -0.2) is 42.8 Å². The van der Waals surface area contributed by atoms with Gasteiger partial charge in [0, 0.05) is 12.8 Å². The lowest BCUT2D eigenvalue weighted by atomic mass is 9.95. The Morgan fingerprint density at radius 2 is 1.73 bits per heavy atom. The third kappa shape index (κ3) is 6.94. The monoisotopic (exact) mass is 370 g/mol. The van der Waals surface area contributed by atoms with Crippen LogP contribution in [0.5, 0.6) is 0 Å². The van der Waals surface area contributed by atoms with Crippen LogP contribution in [0, 0.1) is 11.8 Å². The van der Waals surface area contributed by atoms with Crippen molar-refractivity contribution in [3.05, 3.63) is 0 Å². The number of hydrogen-bond donors (Lipinski definition) is 2. The summed E-state index contributed by atoms with van der Waals surface area (Å²) < 4.78 is 10.4. The molecule has 0 saturated carbocycles. The quantitative estimate of drug-likeness (QED) is 0.575. The van der Waals surface area contributed by atoms with Crippen molar-refractivity contribution in [1.82, 2.24) is 10.6 Å². The Hall–Kier alpha value is -1.63. The van der Waals surface area contributed by atoms with Gasteiger partial charge in [-0.1, -0.05) is 40.5 Å². The first-order valence-corrected chi connectivity index (χ1v) is 9.69. The summed E-state index contributed by atoms with van der Waals surface area (Å²) in [6, 6.07) is -1.02. The van der Waals surface area contributed by atoms with E-state index in [0.717, 1.165) is 25.7 Å². The summed E-state index contributed by atoms with van der Waals surface area (Å²) in [5, 5.41) is 5.78. The Balaban J connectivity index is 2.71. The molecule has 0 radical (unpaired) electrons. The number of nitrogens with one attached hydrogen (secondary N) is 2. The molecule has 7 nitrogen and oxygen atoms in total. The van der Waals surface area contributed by atoms with Gasteiger partial charge in [0.15, 0.2) is 0 Å². The van der Waals surface area contributed by atoms with E-state index in [0.29, 0.717) is 13.0 Å². The Morgan fingerprint density at radius 1 is 1.12 bits per heavy atom. The molecular formula is C19H34N2O5. The normalized spacial score (nSPS) is 20.9. The summed E-state index contributed by atoms with van der Waals surface area (Å²) in [5.41, 5.74) is 0. The standard InChI is InChI=1S/C19H34N2O5/c1-6-8-14(9-7-2)17(23)21-16(12(3)4)18(24)20-15-10-11-25-19(15)26-13(5)22/h12,14-16,19H,6-11H2,1-5H3,(H,20,24)(H,21,23)/t15-,16-,19-/m0/s1. The summed E-state index contributed by atoms with van der Waals surface area (Å²) in [4.78, 5) is 36.5. The predicted octanol–water partition coefficient (Wildman–Crippen LogP) is 2.14. The van der Waals surface area contributed by atoms with Crippen LogP contribution >= 0.6 is 0 Å². The predicted molar refractivity (Wildman–Crippen MR) is 98.1 cm³/mol. The molecule has 0 aromatic heterocycles. The van der Waals surface area contributed by atoms with E-state index in [1.165, 1.54) is 6.92 Å². The summed E-state index contributed by atoms with van der Waals surface area (Å²) in [6.45, 7) is 9.62. The van der Waals surface area contributed by atoms with Crippen molar-refractivity contribution in [1.29, 1.82) is 0 Å². The molecule has 2 amide bonds. The highest BCUT2D eigenvalue weighted by Gasteiger charge is 2.35. The van der Waals surface area contributed by atoms with Gasteiger partial charge in [-0.15, -0.1) is 0 Å². The van der Waals surface area contributed by atoms with Crippen molar-refractivity contribution < 1.29 is 23.9 Å². The number of hydrogen-bond acceptors (Lipinski definition) is 5. The summed E-state index contributed by atoms with van der Waals surface area (Å²) in [7, 11) is 0. The molecule has 1 heterocycles. The summed E-state index contributed by atoms with van der Waals surface area (Å²) in [5.74, 6) is -0.915. The van der Waals surface area contributed by atoms with Crippen molar-refractivity contribution in [3.63, 3.8) is 0 Å². The molecule has 150 valence electrons. The maximum Gasteiger partial charge on any atom is 0.305 e. The lowest BCUT2D eigenvalue weighted by Crippen LogP contribution is -2.54. The van der Waals surface area contributed by atoms with Crippen LogP contribution < -0.4 is 10.6 Å². The van der Waals surface area contributed by atoms with Crippen LogP contribution in [-0.2, 0) is 23.9 Å². The first-order valence-electron chi connectivity index (χ1n) is 9.69. The van der Waals surface area contributed by atoms with E-state index in [-0.39, 0.29) is 23.7 Å². The van der Waals surface area contributed by atoms with Crippen LogP contribution in [0.1, 0.15) is 66.7 Å². The molecule has 3 atom stereocenters. The summed E-state index contributed by atoms with van der Waals surface area (Å²) in [6.07, 6.45) is 3.29. The Kier molecular flexibility index (Phi) is 9.62. The van der Waals surface area contributed by atoms with Gasteiger partial charge in [-0.3, -0.25) is 14.4 Å². The average Bonchev–Trinajstić information content (AvgIpc) is 2.97. The molecule has 0 bridgehead atoms. The molecular weight excluding hydrogens is 336 g/mol. The first kappa shape index (κ1) is 22.4. The topological polar surface area (TPSA) is 93.7 Å². The van der Waals surface area contributed by atoms with E-state index in [1.54, 1.807) is 0 Å². The number of carbonyl (C=O) groups is 3. The van der Waals surface area contributed by atoms with Gasteiger partial charge in [-0.2, -0.15) is 0 Å². The second-order valence-corrected chi connectivity index (χ2v) is 7.26. The number of ether oxygens (including phenoxy) is 2. The molecule has 1 aliphatic heterocycles. The molecule has 1 fully saturated rings. The molecule has 1 aliphatic rings. The lowest BCUT2D eigenvalue weighted by Gasteiger charge is -2.27. The van der Waals surface area contributed by atoms with Crippen LogP contribution in [0.3, 0.4) is 0 Å². The van der Waals surface area contributed by atoms with Gasteiger partial charge in [-0.25, -0.2) is 0 Å². The van der Waals surface area contributed by atoms with E-state index >= 15 is 0 Å². The van der Waals surface area contributed by atoms with E-state index in [2.05, 4.69) is 24.5 Å². The van der Waals surface area contributed by atoms with Crippen molar-refractivity contribution in [2.45, 2.75) is 85.1 Å². The van der Waals surface area contributed by atoms with Gasteiger partial charge >= 0.3 is 5.97 Å². The smallest absolute Gasteiger partial charge is 0.305 e. The third-order valence-electron chi connectivity index (χ3n) is 4.54. The van der Waals surface area contributed by atoms with Gasteiger partial charge in [0.25, 0.3) is 0 Å². The van der Waals surface area contributed by atoms with Crippen molar-refractivity contribution in [2.24, 2.45) is 11.8 Å². The van der Waals surface area contributed by atoms with Crippen LogP contribution in [0.2, 0.25) is 0 Å². The maximum atomic E-state index is 12.7. The Bertz CT molecular complexity index is 475. The highest BCUT2D eigenvalue weighted by atomic mass is 16.7. The number of amides is 2. The fourth-order valence-corrected chi connectivity index (χ4v) is 3.17. The molecule has 0 spiro atoms. The first-order chi connectivity index (χ1) is 12.3. The molecule has 0 aliphatic carbocycles. The van der Waals surface area contributed by atoms with Gasteiger partial charge < -0.3 is 20.1 Å². The molecule has 0 unspecified atom stereocenters. The van der Waals surface area contributed by atoms with Crippen molar-refractivity contribution in [2.75, 3.05) is 6.61 Å². The number of carbonyl (C=O) groups excluding carboxylic acids is 3. The second-order valence-electron chi connectivity index (χ2n) is 7.26. The van der Waals surface area contributed by atoms with Crippen molar-refractivity contribution >= 4 is 17.8 Å². The van der Waals surface area contributed by atoms with Gasteiger partial charge in [0.05, 0.1) is 12.6 Å². The second kappa shape index (κ2) is 11.2. The minimum absolute atomic E-state index is 0.0580. The number of esters is 1. The molecule has 7 heteroatoms. The average molecular weight is 370 g/mol. The van der Waals surface area contributed by atoms with Crippen LogP contribution in [0.15, 0.2) is 0 Å². The highest BCUT2D eigenvalue weighted by molar-refractivity contribution is 5.88. The molecule has 1 saturated heterocycles. The third-order valence-corrected chi connectivity index (χ3v) is 4.54. The SMILES string of the molecule is CCCC(CCC)C(=O)N[C@H](C(=O)N[C@H]1CCO[C@H]1OC(C)=O)C(C)C. The lowest BCUT2D eigenvalue weighted by molar-refractivity contribution is -0.171. The van der Waals surface area contributed by atoms with Gasteiger partial charge in [0.1, 0.15) is 6.04 Å². The van der Waals surface area contributed by atoms with Gasteiger partial charge in [-0.05, 0) is 25.2 Å². The van der Waals surface area contributed by atoms with E-state index in [9.17, 15) is 14.4 Å². The maximum absolute atomic E-state index is 12.7. The molecule has 2 N–H and O–H groups in total. The molecule has 0 aromatic rings. The zero-order valence-electron chi connectivity index (χ0n) is 16.7. The van der Waals surface area contributed by atoms with E-state index < -0.39 is 24.3 Å². The van der Waals surface area contributed by atoms with E-state index in [1.807, 2.05) is 13.8 Å². The minimum Gasteiger partial charge on any atom is -0.434 e. The largest absolute Gasteiger partial charge is 0.434 e. The van der Waals surface area contributed by atoms with Crippen LogP contribution in [0.4, 0.5) is 0 Å². The number of rotatable bonds is 10. The molecule has 26 heavy (non-hydrogen) atoms. The minimum atomic E-state index is -0.770. The Morgan fingerprint density at radius 3 is 2.23 bits per heavy atom. The highest BCUT2D eigenvalue weighted by Crippen LogP contribution is 2.17.